The minimum atomic E-state index is -4.30. The van der Waals surface area contributed by atoms with Gasteiger partial charge in [0.2, 0.25) is 0 Å². The highest BCUT2D eigenvalue weighted by molar-refractivity contribution is 7.99. The zero-order chi connectivity index (χ0) is 19.2. The van der Waals surface area contributed by atoms with Crippen LogP contribution in [-0.2, 0) is 6.54 Å². The van der Waals surface area contributed by atoms with Gasteiger partial charge in [-0.2, -0.15) is 13.2 Å². The largest absolute Gasteiger partial charge is 0.398 e. The molecule has 0 saturated heterocycles. The molecular formula is C17H16F3N3O2S. The van der Waals surface area contributed by atoms with Gasteiger partial charge in [0.15, 0.2) is 0 Å². The smallest absolute Gasteiger partial charge is 0.352 e. The number of alkyl halides is 3. The number of carbonyl (C=O) groups is 2. The van der Waals surface area contributed by atoms with E-state index >= 15 is 0 Å². The molecule has 0 aliphatic heterocycles. The van der Waals surface area contributed by atoms with Gasteiger partial charge in [-0.25, -0.2) is 4.79 Å². The number of nitrogens with two attached hydrogens (primary N) is 1. The van der Waals surface area contributed by atoms with E-state index in [0.717, 1.165) is 5.56 Å². The van der Waals surface area contributed by atoms with Crippen molar-refractivity contribution in [1.82, 2.24) is 5.32 Å². The number of thioether (sulfide) groups is 1. The quantitative estimate of drug-likeness (QED) is 0.664. The Bertz CT molecular complexity index is 780. The van der Waals surface area contributed by atoms with Gasteiger partial charge in [0.05, 0.1) is 11.4 Å². The fraction of sp³-hybridized carbons (Fsp3) is 0.176. The molecule has 0 bridgehead atoms. The standard InChI is InChI=1S/C17H16F3N3O2S/c18-17(19,20)10-26-14-4-2-1-3-13(14)23-15(24)12-7-5-11(6-8-12)9-22-16(21)25/h1-8H,9-10H2,(H,23,24)(H3,21,22,25). The summed E-state index contributed by atoms with van der Waals surface area (Å²) in [5.74, 6) is -1.49. The van der Waals surface area contributed by atoms with Gasteiger partial charge in [-0.3, -0.25) is 4.79 Å². The summed E-state index contributed by atoms with van der Waals surface area (Å²) in [6.07, 6.45) is -4.30. The van der Waals surface area contributed by atoms with Crippen LogP contribution in [0.25, 0.3) is 0 Å². The molecule has 0 spiro atoms. The number of hydrogen-bond acceptors (Lipinski definition) is 3. The van der Waals surface area contributed by atoms with Crippen LogP contribution in [-0.4, -0.2) is 23.9 Å². The van der Waals surface area contributed by atoms with Crippen molar-refractivity contribution >= 4 is 29.4 Å². The number of nitrogens with one attached hydrogen (secondary N) is 2. The molecule has 0 aliphatic rings. The van der Waals surface area contributed by atoms with Crippen LogP contribution in [0.5, 0.6) is 0 Å². The zero-order valence-electron chi connectivity index (χ0n) is 13.5. The van der Waals surface area contributed by atoms with E-state index in [1.807, 2.05) is 0 Å². The summed E-state index contributed by atoms with van der Waals surface area (Å²) in [6, 6.07) is 12.1. The lowest BCUT2D eigenvalue weighted by Crippen LogP contribution is -2.28. The molecule has 0 aliphatic carbocycles. The number of anilines is 1. The number of rotatable bonds is 6. The SMILES string of the molecule is NC(=O)NCc1ccc(C(=O)Nc2ccccc2SCC(F)(F)F)cc1. The van der Waals surface area contributed by atoms with Gasteiger partial charge < -0.3 is 16.4 Å². The average Bonchev–Trinajstić information content (AvgIpc) is 2.59. The van der Waals surface area contributed by atoms with Crippen molar-refractivity contribution in [3.8, 4) is 0 Å². The second kappa shape index (κ2) is 8.61. The van der Waals surface area contributed by atoms with Gasteiger partial charge in [-0.05, 0) is 29.8 Å². The van der Waals surface area contributed by atoms with Crippen molar-refractivity contribution in [1.29, 1.82) is 0 Å². The fourth-order valence-corrected chi connectivity index (χ4v) is 2.78. The second-order valence-electron chi connectivity index (χ2n) is 5.27. The van der Waals surface area contributed by atoms with Crippen molar-refractivity contribution < 1.29 is 22.8 Å². The Labute approximate surface area is 152 Å². The first-order valence-corrected chi connectivity index (χ1v) is 8.45. The summed E-state index contributed by atoms with van der Waals surface area (Å²) in [7, 11) is 0. The Kier molecular flexibility index (Phi) is 6.51. The monoisotopic (exact) mass is 383 g/mol. The Morgan fingerprint density at radius 1 is 1.04 bits per heavy atom. The first-order valence-electron chi connectivity index (χ1n) is 7.47. The van der Waals surface area contributed by atoms with Gasteiger partial charge in [-0.1, -0.05) is 24.3 Å². The van der Waals surface area contributed by atoms with E-state index in [0.29, 0.717) is 27.9 Å². The predicted molar refractivity (Wildman–Crippen MR) is 94.0 cm³/mol. The lowest BCUT2D eigenvalue weighted by Gasteiger charge is -2.12. The number of hydrogen-bond donors (Lipinski definition) is 3. The molecular weight excluding hydrogens is 367 g/mol. The summed E-state index contributed by atoms with van der Waals surface area (Å²) >= 11 is 0.611. The van der Waals surface area contributed by atoms with E-state index in [1.54, 1.807) is 42.5 Å². The van der Waals surface area contributed by atoms with Crippen LogP contribution >= 0.6 is 11.8 Å². The minimum absolute atomic E-state index is 0.230. The van der Waals surface area contributed by atoms with Crippen LogP contribution in [0.4, 0.5) is 23.7 Å². The first-order chi connectivity index (χ1) is 12.2. The third kappa shape index (κ3) is 6.32. The molecule has 9 heteroatoms. The van der Waals surface area contributed by atoms with Crippen LogP contribution < -0.4 is 16.4 Å². The van der Waals surface area contributed by atoms with Crippen molar-refractivity contribution in [2.75, 3.05) is 11.1 Å². The van der Waals surface area contributed by atoms with Gasteiger partial charge in [0.25, 0.3) is 5.91 Å². The topological polar surface area (TPSA) is 84.2 Å². The summed E-state index contributed by atoms with van der Waals surface area (Å²) in [5.41, 5.74) is 6.38. The maximum atomic E-state index is 12.4. The molecule has 2 rings (SSSR count). The van der Waals surface area contributed by atoms with Crippen molar-refractivity contribution in [3.05, 3.63) is 59.7 Å². The van der Waals surface area contributed by atoms with E-state index < -0.39 is 23.9 Å². The maximum absolute atomic E-state index is 12.4. The Morgan fingerprint density at radius 3 is 2.31 bits per heavy atom. The van der Waals surface area contributed by atoms with Gasteiger partial charge in [-0.15, -0.1) is 11.8 Å². The highest BCUT2D eigenvalue weighted by atomic mass is 32.2. The van der Waals surface area contributed by atoms with Gasteiger partial charge >= 0.3 is 12.2 Å². The molecule has 0 radical (unpaired) electrons. The summed E-state index contributed by atoms with van der Waals surface area (Å²) in [5, 5.41) is 5.04. The predicted octanol–water partition coefficient (Wildman–Crippen LogP) is 3.76. The molecule has 2 aromatic rings. The number of benzene rings is 2. The molecule has 5 nitrogen and oxygen atoms in total. The number of para-hydroxylation sites is 1. The molecule has 0 heterocycles. The number of urea groups is 1. The first kappa shape index (κ1) is 19.6. The van der Waals surface area contributed by atoms with Crippen LogP contribution in [0, 0.1) is 0 Å². The molecule has 2 aromatic carbocycles. The molecule has 0 saturated carbocycles. The van der Waals surface area contributed by atoms with Crippen LogP contribution in [0.3, 0.4) is 0 Å². The third-order valence-electron chi connectivity index (χ3n) is 3.21. The van der Waals surface area contributed by atoms with E-state index in [-0.39, 0.29) is 6.54 Å². The molecule has 26 heavy (non-hydrogen) atoms. The van der Waals surface area contributed by atoms with E-state index in [1.165, 1.54) is 6.07 Å². The fourth-order valence-electron chi connectivity index (χ4n) is 2.01. The molecule has 0 fully saturated rings. The Morgan fingerprint density at radius 2 is 1.69 bits per heavy atom. The normalized spacial score (nSPS) is 11.0. The summed E-state index contributed by atoms with van der Waals surface area (Å²) in [4.78, 5) is 23.3. The minimum Gasteiger partial charge on any atom is -0.352 e. The maximum Gasteiger partial charge on any atom is 0.398 e. The molecule has 4 N–H and O–H groups in total. The molecule has 0 atom stereocenters. The molecule has 0 unspecified atom stereocenters. The Hall–Kier alpha value is -2.68. The van der Waals surface area contributed by atoms with Crippen molar-refractivity contribution in [3.63, 3.8) is 0 Å². The van der Waals surface area contributed by atoms with Gasteiger partial charge in [0, 0.05) is 17.0 Å². The third-order valence-corrected chi connectivity index (χ3v) is 4.35. The number of primary amides is 1. The summed E-state index contributed by atoms with van der Waals surface area (Å²) in [6.45, 7) is 0.230. The van der Waals surface area contributed by atoms with E-state index in [9.17, 15) is 22.8 Å². The zero-order valence-corrected chi connectivity index (χ0v) is 14.3. The Balaban J connectivity index is 2.04. The van der Waals surface area contributed by atoms with Crippen LogP contribution in [0.15, 0.2) is 53.4 Å². The molecule has 0 aromatic heterocycles. The van der Waals surface area contributed by atoms with Crippen LogP contribution in [0.2, 0.25) is 0 Å². The average molecular weight is 383 g/mol. The van der Waals surface area contributed by atoms with Crippen molar-refractivity contribution in [2.45, 2.75) is 17.6 Å². The molecule has 3 amide bonds. The number of carbonyl (C=O) groups excluding carboxylic acids is 2. The van der Waals surface area contributed by atoms with E-state index in [4.69, 9.17) is 5.73 Å². The van der Waals surface area contributed by atoms with Crippen LogP contribution in [0.1, 0.15) is 15.9 Å². The highest BCUT2D eigenvalue weighted by Gasteiger charge is 2.27. The lowest BCUT2D eigenvalue weighted by atomic mass is 10.1. The van der Waals surface area contributed by atoms with Gasteiger partial charge in [0.1, 0.15) is 0 Å². The number of amides is 3. The lowest BCUT2D eigenvalue weighted by molar-refractivity contribution is -0.105. The highest BCUT2D eigenvalue weighted by Crippen LogP contribution is 2.32. The second-order valence-corrected chi connectivity index (χ2v) is 6.29. The van der Waals surface area contributed by atoms with E-state index in [2.05, 4.69) is 10.6 Å². The number of halogens is 3. The molecule has 138 valence electrons. The summed E-state index contributed by atoms with van der Waals surface area (Å²) < 4.78 is 37.2. The van der Waals surface area contributed by atoms with Crippen molar-refractivity contribution in [2.24, 2.45) is 5.73 Å².